The predicted molar refractivity (Wildman–Crippen MR) is 156 cm³/mol. The van der Waals surface area contributed by atoms with Gasteiger partial charge >= 0.3 is 0 Å². The number of aromatic nitrogens is 1. The standard InChI is InChI=1S/C22H38O2.C13H8NO.Ir/c23-21-18(15-8-3-1-4-9-15)13-7-12-17-14-19(22(24)20(17)21)16-10-5-2-6-11-16;1-2-6-10(7-3-1)13-14-11-8-4-5-9-12(11)15-13;/h15-24H,1-14H2;1-6,8-9H;/q;-1;/t17?,18-,19-,20?,21?,22?;;/m1../s1. The minimum Gasteiger partial charge on any atom is -0.481 e. The van der Waals surface area contributed by atoms with Gasteiger partial charge in [-0.05, 0) is 61.0 Å². The summed E-state index contributed by atoms with van der Waals surface area (Å²) in [5.41, 5.74) is 2.57. The van der Waals surface area contributed by atoms with Gasteiger partial charge < -0.3 is 14.6 Å². The third-order valence-corrected chi connectivity index (χ3v) is 10.6. The largest absolute Gasteiger partial charge is 0.481 e. The zero-order chi connectivity index (χ0) is 26.6. The number of oxazole rings is 1. The molecular weight excluding hydrogens is 675 g/mol. The Morgan fingerprint density at radius 3 is 1.98 bits per heavy atom. The van der Waals surface area contributed by atoms with E-state index in [1.807, 2.05) is 48.5 Å². The van der Waals surface area contributed by atoms with Gasteiger partial charge in [0.15, 0.2) is 0 Å². The molecule has 2 aromatic carbocycles. The van der Waals surface area contributed by atoms with E-state index < -0.39 is 0 Å². The average Bonchev–Trinajstić information content (AvgIpc) is 3.53. The Labute approximate surface area is 253 Å². The minimum atomic E-state index is -0.232. The van der Waals surface area contributed by atoms with Crippen molar-refractivity contribution < 1.29 is 34.7 Å². The quantitative estimate of drug-likeness (QED) is 0.268. The molecule has 4 unspecified atom stereocenters. The van der Waals surface area contributed by atoms with E-state index in [-0.39, 0.29) is 38.2 Å². The van der Waals surface area contributed by atoms with Gasteiger partial charge in [0.25, 0.3) is 0 Å². The van der Waals surface area contributed by atoms with Crippen molar-refractivity contribution in [1.82, 2.24) is 4.98 Å². The van der Waals surface area contributed by atoms with Crippen molar-refractivity contribution in [2.24, 2.45) is 35.5 Å². The molecule has 4 aliphatic rings. The maximum atomic E-state index is 11.3. The number of hydrogen-bond donors (Lipinski definition) is 2. The van der Waals surface area contributed by atoms with Crippen LogP contribution in [0.4, 0.5) is 0 Å². The Hall–Kier alpha value is -1.52. The number of fused-ring (bicyclic) bond motifs is 2. The van der Waals surface area contributed by atoms with Crippen LogP contribution in [-0.2, 0) is 20.1 Å². The average molecular weight is 721 g/mol. The maximum Gasteiger partial charge on any atom is 0.141 e. The second-order valence-electron chi connectivity index (χ2n) is 12.9. The van der Waals surface area contributed by atoms with Crippen LogP contribution in [0.2, 0.25) is 0 Å². The minimum absolute atomic E-state index is 0. The van der Waals surface area contributed by atoms with Crippen LogP contribution in [0, 0.1) is 41.6 Å². The van der Waals surface area contributed by atoms with Crippen molar-refractivity contribution in [2.75, 3.05) is 0 Å². The molecule has 0 spiro atoms. The Kier molecular flexibility index (Phi) is 10.6. The van der Waals surface area contributed by atoms with Crippen molar-refractivity contribution >= 4 is 11.1 Å². The molecule has 0 aliphatic heterocycles. The predicted octanol–water partition coefficient (Wildman–Crippen LogP) is 8.21. The van der Waals surface area contributed by atoms with Crippen molar-refractivity contribution in [2.45, 2.75) is 102 Å². The molecule has 1 aromatic heterocycles. The van der Waals surface area contributed by atoms with Crippen molar-refractivity contribution in [1.29, 1.82) is 0 Å². The summed E-state index contributed by atoms with van der Waals surface area (Å²) in [5, 5.41) is 22.5. The van der Waals surface area contributed by atoms with E-state index in [4.69, 9.17) is 4.42 Å². The molecule has 4 nitrogen and oxygen atoms in total. The number of rotatable bonds is 3. The fourth-order valence-corrected chi connectivity index (χ4v) is 8.70. The van der Waals surface area contributed by atoms with Gasteiger partial charge in [0, 0.05) is 26.0 Å². The van der Waals surface area contributed by atoms with Gasteiger partial charge in [0.05, 0.1) is 17.7 Å². The van der Waals surface area contributed by atoms with Crippen LogP contribution in [0.15, 0.2) is 52.9 Å². The number of hydrogen-bond acceptors (Lipinski definition) is 4. The normalized spacial score (nSPS) is 31.4. The van der Waals surface area contributed by atoms with Gasteiger partial charge in [-0.25, -0.2) is 0 Å². The zero-order valence-corrected chi connectivity index (χ0v) is 26.1. The monoisotopic (exact) mass is 721 g/mol. The van der Waals surface area contributed by atoms with Gasteiger partial charge in [-0.1, -0.05) is 88.3 Å². The first-order valence-corrected chi connectivity index (χ1v) is 15.9. The van der Waals surface area contributed by atoms with Gasteiger partial charge in [-0.2, -0.15) is 0 Å². The molecule has 0 saturated heterocycles. The third kappa shape index (κ3) is 6.59. The van der Waals surface area contributed by atoms with Crippen LogP contribution in [-0.4, -0.2) is 27.4 Å². The fourth-order valence-electron chi connectivity index (χ4n) is 8.70. The zero-order valence-electron chi connectivity index (χ0n) is 23.7. The van der Waals surface area contributed by atoms with E-state index >= 15 is 0 Å². The molecule has 219 valence electrons. The van der Waals surface area contributed by atoms with E-state index in [0.29, 0.717) is 23.6 Å². The summed E-state index contributed by atoms with van der Waals surface area (Å²) in [6, 6.07) is 18.5. The second-order valence-corrected chi connectivity index (χ2v) is 12.9. The first-order chi connectivity index (χ1) is 19.2. The van der Waals surface area contributed by atoms with Crippen LogP contribution >= 0.6 is 0 Å². The van der Waals surface area contributed by atoms with Crippen LogP contribution < -0.4 is 0 Å². The molecule has 4 fully saturated rings. The van der Waals surface area contributed by atoms with Crippen molar-refractivity contribution in [3.63, 3.8) is 0 Å². The number of nitrogens with zero attached hydrogens (tertiary/aromatic N) is 1. The second kappa shape index (κ2) is 14.1. The molecule has 6 atom stereocenters. The molecule has 1 radical (unpaired) electrons. The summed E-state index contributed by atoms with van der Waals surface area (Å²) in [4.78, 5) is 4.39. The molecule has 5 heteroatoms. The first kappa shape index (κ1) is 30.0. The number of aliphatic hydroxyl groups excluding tert-OH is 2. The number of benzene rings is 2. The molecule has 4 aliphatic carbocycles. The Morgan fingerprint density at radius 1 is 0.675 bits per heavy atom. The molecule has 7 rings (SSSR count). The Morgan fingerprint density at radius 2 is 1.30 bits per heavy atom. The van der Waals surface area contributed by atoms with Gasteiger partial charge in [-0.15, -0.1) is 30.3 Å². The maximum absolute atomic E-state index is 11.3. The molecule has 3 aromatic rings. The van der Waals surface area contributed by atoms with Crippen LogP contribution in [0.5, 0.6) is 0 Å². The van der Waals surface area contributed by atoms with E-state index in [0.717, 1.165) is 28.5 Å². The van der Waals surface area contributed by atoms with Crippen LogP contribution in [0.1, 0.15) is 89.9 Å². The van der Waals surface area contributed by atoms with Gasteiger partial charge in [-0.3, -0.25) is 4.98 Å². The summed E-state index contributed by atoms with van der Waals surface area (Å²) in [5.74, 6) is 3.83. The summed E-state index contributed by atoms with van der Waals surface area (Å²) >= 11 is 0. The van der Waals surface area contributed by atoms with E-state index in [2.05, 4.69) is 11.1 Å². The fraction of sp³-hybridized carbons (Fsp3) is 0.629. The molecule has 1 heterocycles. The molecule has 40 heavy (non-hydrogen) atoms. The molecular formula is C35H46IrNO3-. The molecule has 2 N–H and O–H groups in total. The van der Waals surface area contributed by atoms with Gasteiger partial charge in [0.1, 0.15) is 11.5 Å². The smallest absolute Gasteiger partial charge is 0.141 e. The molecule has 0 amide bonds. The Bertz CT molecular complexity index is 1140. The van der Waals surface area contributed by atoms with Gasteiger partial charge in [0.2, 0.25) is 0 Å². The first-order valence-electron chi connectivity index (χ1n) is 15.9. The van der Waals surface area contributed by atoms with E-state index in [1.54, 1.807) is 0 Å². The third-order valence-electron chi connectivity index (χ3n) is 10.6. The topological polar surface area (TPSA) is 66.5 Å². The number of para-hydroxylation sites is 2. The van der Waals surface area contributed by atoms with E-state index in [9.17, 15) is 10.2 Å². The van der Waals surface area contributed by atoms with E-state index in [1.165, 1.54) is 89.9 Å². The van der Waals surface area contributed by atoms with Crippen molar-refractivity contribution in [3.05, 3.63) is 54.6 Å². The summed E-state index contributed by atoms with van der Waals surface area (Å²) in [6.45, 7) is 0. The van der Waals surface area contributed by atoms with Crippen LogP contribution in [0.25, 0.3) is 22.6 Å². The summed E-state index contributed by atoms with van der Waals surface area (Å²) in [7, 11) is 0. The molecule has 4 saturated carbocycles. The Balaban J connectivity index is 0.000000174. The SMILES string of the molecule is OC1C2C(CCC[C@@H]1C1CCCCC1)C[C@H](C1CCCCC1)C2O.[Ir].[c-]1ccccc1-c1nc2ccccc2o1. The summed E-state index contributed by atoms with van der Waals surface area (Å²) in [6.07, 6.45) is 18.0. The van der Waals surface area contributed by atoms with Crippen LogP contribution in [0.3, 0.4) is 0 Å². The number of aliphatic hydroxyl groups is 2. The summed E-state index contributed by atoms with van der Waals surface area (Å²) < 4.78 is 5.61. The molecule has 0 bridgehead atoms. The van der Waals surface area contributed by atoms with Crippen molar-refractivity contribution in [3.8, 4) is 11.5 Å².